The average molecular weight is 327 g/mol. The number of amides is 2. The zero-order valence-corrected chi connectivity index (χ0v) is 13.6. The zero-order valence-electron chi connectivity index (χ0n) is 13.6. The van der Waals surface area contributed by atoms with Crippen molar-refractivity contribution in [2.45, 2.75) is 6.92 Å². The fourth-order valence-electron chi connectivity index (χ4n) is 2.51. The van der Waals surface area contributed by atoms with E-state index >= 15 is 0 Å². The number of hydrogen-bond donors (Lipinski definition) is 1. The van der Waals surface area contributed by atoms with Gasteiger partial charge in [-0.3, -0.25) is 4.98 Å². The van der Waals surface area contributed by atoms with Gasteiger partial charge >= 0.3 is 6.03 Å². The molecule has 1 saturated heterocycles. The van der Waals surface area contributed by atoms with E-state index in [1.807, 2.05) is 37.3 Å². The summed E-state index contributed by atoms with van der Waals surface area (Å²) in [7, 11) is 0. The molecule has 0 unspecified atom stereocenters. The van der Waals surface area contributed by atoms with Gasteiger partial charge in [-0.05, 0) is 31.2 Å². The van der Waals surface area contributed by atoms with Gasteiger partial charge in [0.25, 0.3) is 0 Å². The normalized spacial score (nSPS) is 14.0. The Bertz CT molecular complexity index is 672. The molecule has 3 rings (SSSR count). The molecule has 1 aromatic carbocycles. The molecule has 0 spiro atoms. The highest BCUT2D eigenvalue weighted by molar-refractivity contribution is 5.89. The van der Waals surface area contributed by atoms with Crippen LogP contribution in [-0.2, 0) is 0 Å². The standard InChI is InChI=1S/C18H21N3O3/c1-2-23-16-6-3-7-17(9-16)24-13-14-11-21(12-14)18(22)20-15-5-4-8-19-10-15/h3-10,14H,2,11-13H2,1H3,(H,20,22). The number of anilines is 1. The van der Waals surface area contributed by atoms with Gasteiger partial charge < -0.3 is 19.7 Å². The van der Waals surface area contributed by atoms with Crippen LogP contribution in [0.25, 0.3) is 0 Å². The molecule has 24 heavy (non-hydrogen) atoms. The lowest BCUT2D eigenvalue weighted by Gasteiger charge is -2.38. The Hall–Kier alpha value is -2.76. The van der Waals surface area contributed by atoms with Crippen molar-refractivity contribution in [3.05, 3.63) is 48.8 Å². The maximum atomic E-state index is 12.1. The first-order valence-corrected chi connectivity index (χ1v) is 8.06. The van der Waals surface area contributed by atoms with E-state index in [4.69, 9.17) is 9.47 Å². The minimum atomic E-state index is -0.0995. The maximum Gasteiger partial charge on any atom is 0.321 e. The van der Waals surface area contributed by atoms with Crippen molar-refractivity contribution in [3.8, 4) is 11.5 Å². The minimum Gasteiger partial charge on any atom is -0.494 e. The summed E-state index contributed by atoms with van der Waals surface area (Å²) in [6.07, 6.45) is 3.30. The molecular formula is C18H21N3O3. The predicted octanol–water partition coefficient (Wildman–Crippen LogP) is 3.02. The lowest BCUT2D eigenvalue weighted by molar-refractivity contribution is 0.0924. The van der Waals surface area contributed by atoms with Gasteiger partial charge in [-0.2, -0.15) is 0 Å². The molecular weight excluding hydrogens is 306 g/mol. The van der Waals surface area contributed by atoms with Crippen molar-refractivity contribution in [1.82, 2.24) is 9.88 Å². The topological polar surface area (TPSA) is 63.7 Å². The largest absolute Gasteiger partial charge is 0.494 e. The number of likely N-dealkylation sites (tertiary alicyclic amines) is 1. The third kappa shape index (κ3) is 4.16. The summed E-state index contributed by atoms with van der Waals surface area (Å²) in [5.74, 6) is 1.95. The summed E-state index contributed by atoms with van der Waals surface area (Å²) in [5.41, 5.74) is 0.704. The van der Waals surface area contributed by atoms with E-state index in [0.717, 1.165) is 11.5 Å². The van der Waals surface area contributed by atoms with Crippen LogP contribution in [0.15, 0.2) is 48.8 Å². The highest BCUT2D eigenvalue weighted by Crippen LogP contribution is 2.22. The van der Waals surface area contributed by atoms with Gasteiger partial charge in [0, 0.05) is 31.3 Å². The maximum absolute atomic E-state index is 12.1. The van der Waals surface area contributed by atoms with Gasteiger partial charge in [-0.15, -0.1) is 0 Å². The molecule has 2 amide bonds. The number of urea groups is 1. The Morgan fingerprint density at radius 3 is 2.75 bits per heavy atom. The van der Waals surface area contributed by atoms with Crippen molar-refractivity contribution in [2.24, 2.45) is 5.92 Å². The minimum absolute atomic E-state index is 0.0995. The number of carbonyl (C=O) groups is 1. The van der Waals surface area contributed by atoms with Crippen LogP contribution < -0.4 is 14.8 Å². The third-order valence-corrected chi connectivity index (χ3v) is 3.76. The average Bonchev–Trinajstić information content (AvgIpc) is 2.55. The number of nitrogens with zero attached hydrogens (tertiary/aromatic N) is 2. The van der Waals surface area contributed by atoms with Crippen molar-refractivity contribution in [2.75, 3.05) is 31.6 Å². The van der Waals surface area contributed by atoms with Crippen molar-refractivity contribution in [1.29, 1.82) is 0 Å². The molecule has 1 aliphatic heterocycles. The Labute approximate surface area is 141 Å². The fourth-order valence-corrected chi connectivity index (χ4v) is 2.51. The quantitative estimate of drug-likeness (QED) is 0.886. The molecule has 1 aliphatic rings. The monoisotopic (exact) mass is 327 g/mol. The van der Waals surface area contributed by atoms with Gasteiger partial charge in [0.2, 0.25) is 0 Å². The van der Waals surface area contributed by atoms with Crippen LogP contribution in [0.1, 0.15) is 6.92 Å². The number of rotatable bonds is 6. The summed E-state index contributed by atoms with van der Waals surface area (Å²) in [4.78, 5) is 17.8. The summed E-state index contributed by atoms with van der Waals surface area (Å²) in [5, 5.41) is 2.83. The Morgan fingerprint density at radius 1 is 1.25 bits per heavy atom. The first-order valence-electron chi connectivity index (χ1n) is 8.06. The van der Waals surface area contributed by atoms with Crippen molar-refractivity contribution < 1.29 is 14.3 Å². The van der Waals surface area contributed by atoms with Crippen LogP contribution in [0.4, 0.5) is 10.5 Å². The molecule has 2 heterocycles. The van der Waals surface area contributed by atoms with Crippen LogP contribution in [0, 0.1) is 5.92 Å². The molecule has 0 radical (unpaired) electrons. The highest BCUT2D eigenvalue weighted by atomic mass is 16.5. The molecule has 6 heteroatoms. The van der Waals surface area contributed by atoms with E-state index < -0.39 is 0 Å². The van der Waals surface area contributed by atoms with E-state index in [1.165, 1.54) is 0 Å². The van der Waals surface area contributed by atoms with Gasteiger partial charge in [0.1, 0.15) is 11.5 Å². The molecule has 1 N–H and O–H groups in total. The van der Waals surface area contributed by atoms with Crippen LogP contribution >= 0.6 is 0 Å². The molecule has 0 aliphatic carbocycles. The number of nitrogens with one attached hydrogen (secondary N) is 1. The molecule has 0 saturated carbocycles. The van der Waals surface area contributed by atoms with E-state index in [1.54, 1.807) is 23.4 Å². The first-order chi connectivity index (χ1) is 11.7. The van der Waals surface area contributed by atoms with Crippen LogP contribution in [0.2, 0.25) is 0 Å². The second-order valence-corrected chi connectivity index (χ2v) is 5.66. The van der Waals surface area contributed by atoms with E-state index in [-0.39, 0.29) is 6.03 Å². The molecule has 6 nitrogen and oxygen atoms in total. The lowest BCUT2D eigenvalue weighted by Crippen LogP contribution is -2.53. The SMILES string of the molecule is CCOc1cccc(OCC2CN(C(=O)Nc3cccnc3)C2)c1. The number of ether oxygens (including phenoxy) is 2. The molecule has 0 bridgehead atoms. The number of carbonyl (C=O) groups excluding carboxylic acids is 1. The predicted molar refractivity (Wildman–Crippen MR) is 91.4 cm³/mol. The summed E-state index contributed by atoms with van der Waals surface area (Å²) < 4.78 is 11.2. The zero-order chi connectivity index (χ0) is 16.8. The summed E-state index contributed by atoms with van der Waals surface area (Å²) >= 11 is 0. The second kappa shape index (κ2) is 7.68. The van der Waals surface area contributed by atoms with Gasteiger partial charge in [-0.1, -0.05) is 6.07 Å². The summed E-state index contributed by atoms with van der Waals surface area (Å²) in [6.45, 7) is 4.56. The second-order valence-electron chi connectivity index (χ2n) is 5.66. The van der Waals surface area contributed by atoms with Crippen molar-refractivity contribution >= 4 is 11.7 Å². The Morgan fingerprint density at radius 2 is 2.04 bits per heavy atom. The molecule has 0 atom stereocenters. The van der Waals surface area contributed by atoms with Crippen molar-refractivity contribution in [3.63, 3.8) is 0 Å². The first kappa shape index (κ1) is 16.1. The number of benzene rings is 1. The molecule has 126 valence electrons. The molecule has 1 fully saturated rings. The summed E-state index contributed by atoms with van der Waals surface area (Å²) in [6, 6.07) is 11.1. The van der Waals surface area contributed by atoms with Gasteiger partial charge in [-0.25, -0.2) is 4.79 Å². The Kier molecular flexibility index (Phi) is 5.15. The lowest BCUT2D eigenvalue weighted by atomic mass is 10.0. The van der Waals surface area contributed by atoms with Gasteiger partial charge in [0.05, 0.1) is 25.1 Å². The van der Waals surface area contributed by atoms with E-state index in [2.05, 4.69) is 10.3 Å². The number of aromatic nitrogens is 1. The third-order valence-electron chi connectivity index (χ3n) is 3.76. The molecule has 1 aromatic heterocycles. The number of hydrogen-bond acceptors (Lipinski definition) is 4. The number of pyridine rings is 1. The van der Waals surface area contributed by atoms with E-state index in [9.17, 15) is 4.79 Å². The fraction of sp³-hybridized carbons (Fsp3) is 0.333. The Balaban J connectivity index is 1.41. The van der Waals surface area contributed by atoms with E-state index in [0.29, 0.717) is 37.9 Å². The van der Waals surface area contributed by atoms with Gasteiger partial charge in [0.15, 0.2) is 0 Å². The van der Waals surface area contributed by atoms with Crippen LogP contribution in [0.5, 0.6) is 11.5 Å². The van der Waals surface area contributed by atoms with Crippen LogP contribution in [0.3, 0.4) is 0 Å². The molecule has 2 aromatic rings. The highest BCUT2D eigenvalue weighted by Gasteiger charge is 2.31. The van der Waals surface area contributed by atoms with Crippen LogP contribution in [-0.4, -0.2) is 42.2 Å². The smallest absolute Gasteiger partial charge is 0.321 e.